The van der Waals surface area contributed by atoms with E-state index in [0.717, 1.165) is 4.90 Å². The van der Waals surface area contributed by atoms with Gasteiger partial charge in [-0.1, -0.05) is 6.92 Å². The van der Waals surface area contributed by atoms with Crippen LogP contribution in [0.15, 0.2) is 0 Å². The summed E-state index contributed by atoms with van der Waals surface area (Å²) in [5.41, 5.74) is -0.991. The topological polar surface area (TPSA) is 107 Å². The molecular weight excluding hydrogens is 278 g/mol. The monoisotopic (exact) mass is 297 g/mol. The van der Waals surface area contributed by atoms with Crippen LogP contribution < -0.4 is 5.32 Å². The van der Waals surface area contributed by atoms with Crippen molar-refractivity contribution in [1.29, 1.82) is 0 Å². The average Bonchev–Trinajstić information content (AvgIpc) is 2.99. The summed E-state index contributed by atoms with van der Waals surface area (Å²) in [5.74, 6) is -2.02. The standard InChI is InChI=1S/C13H19N3O5/c1-3-13(2)11(20)16(12(21)14-13)7-9(17)15-6-4-5-8(15)10(18)19/h8H,3-7H2,1-2H3,(H,14,21)(H,18,19)/t8-,13?/m1/s1. The zero-order valence-corrected chi connectivity index (χ0v) is 12.1. The maximum atomic E-state index is 12.2. The van der Waals surface area contributed by atoms with Gasteiger partial charge in [0.15, 0.2) is 0 Å². The molecule has 0 aromatic heterocycles. The lowest BCUT2D eigenvalue weighted by molar-refractivity contribution is -0.149. The maximum absolute atomic E-state index is 12.2. The van der Waals surface area contributed by atoms with Crippen LogP contribution in [-0.4, -0.2) is 63.4 Å². The molecule has 116 valence electrons. The highest BCUT2D eigenvalue weighted by molar-refractivity contribution is 6.08. The third kappa shape index (κ3) is 2.57. The number of nitrogens with zero attached hydrogens (tertiary/aromatic N) is 2. The van der Waals surface area contributed by atoms with Crippen LogP contribution in [-0.2, 0) is 14.4 Å². The Labute approximate surface area is 122 Å². The number of aliphatic carboxylic acids is 1. The van der Waals surface area contributed by atoms with Crippen molar-refractivity contribution < 1.29 is 24.3 Å². The molecule has 2 N–H and O–H groups in total. The van der Waals surface area contributed by atoms with Gasteiger partial charge in [0.25, 0.3) is 5.91 Å². The predicted octanol–water partition coefficient (Wildman–Crippen LogP) is -0.217. The summed E-state index contributed by atoms with van der Waals surface area (Å²) in [6, 6.07) is -1.47. The molecule has 2 saturated heterocycles. The van der Waals surface area contributed by atoms with Crippen molar-refractivity contribution in [3.63, 3.8) is 0 Å². The quantitative estimate of drug-likeness (QED) is 0.698. The van der Waals surface area contributed by atoms with Crippen LogP contribution in [0.2, 0.25) is 0 Å². The fourth-order valence-corrected chi connectivity index (χ4v) is 2.68. The normalized spacial score (nSPS) is 29.0. The van der Waals surface area contributed by atoms with E-state index >= 15 is 0 Å². The van der Waals surface area contributed by atoms with E-state index in [1.54, 1.807) is 13.8 Å². The Kier molecular flexibility index (Phi) is 3.89. The Bertz CT molecular complexity index is 506. The number of carbonyl (C=O) groups excluding carboxylic acids is 3. The number of carboxylic acids is 1. The summed E-state index contributed by atoms with van der Waals surface area (Å²) in [7, 11) is 0. The Morgan fingerprint density at radius 3 is 2.62 bits per heavy atom. The number of amides is 4. The number of hydrogen-bond acceptors (Lipinski definition) is 4. The van der Waals surface area contributed by atoms with E-state index in [9.17, 15) is 19.2 Å². The zero-order valence-electron chi connectivity index (χ0n) is 12.1. The number of carbonyl (C=O) groups is 4. The van der Waals surface area contributed by atoms with E-state index in [-0.39, 0.29) is 0 Å². The van der Waals surface area contributed by atoms with Crippen molar-refractivity contribution in [3.05, 3.63) is 0 Å². The molecule has 0 aliphatic carbocycles. The number of hydrogen-bond donors (Lipinski definition) is 2. The number of likely N-dealkylation sites (tertiary alicyclic amines) is 1. The first kappa shape index (κ1) is 15.3. The SMILES string of the molecule is CCC1(C)NC(=O)N(CC(=O)N2CCC[C@@H]2C(=O)O)C1=O. The van der Waals surface area contributed by atoms with Gasteiger partial charge in [-0.05, 0) is 26.2 Å². The second-order valence-corrected chi connectivity index (χ2v) is 5.59. The summed E-state index contributed by atoms with van der Waals surface area (Å²) in [5, 5.41) is 11.6. The summed E-state index contributed by atoms with van der Waals surface area (Å²) in [4.78, 5) is 49.4. The fourth-order valence-electron chi connectivity index (χ4n) is 2.68. The molecule has 0 aromatic rings. The van der Waals surface area contributed by atoms with Gasteiger partial charge in [0, 0.05) is 6.54 Å². The van der Waals surface area contributed by atoms with Crippen molar-refractivity contribution >= 4 is 23.8 Å². The third-order valence-corrected chi connectivity index (χ3v) is 4.20. The van der Waals surface area contributed by atoms with Crippen LogP contribution in [0.5, 0.6) is 0 Å². The molecule has 21 heavy (non-hydrogen) atoms. The molecule has 8 nitrogen and oxygen atoms in total. The van der Waals surface area contributed by atoms with E-state index < -0.39 is 41.9 Å². The molecule has 1 unspecified atom stereocenters. The molecule has 2 aliphatic heterocycles. The predicted molar refractivity (Wildman–Crippen MR) is 71.3 cm³/mol. The third-order valence-electron chi connectivity index (χ3n) is 4.20. The van der Waals surface area contributed by atoms with Gasteiger partial charge in [0.1, 0.15) is 18.1 Å². The minimum Gasteiger partial charge on any atom is -0.480 e. The Hall–Kier alpha value is -2.12. The first-order chi connectivity index (χ1) is 9.80. The average molecular weight is 297 g/mol. The highest BCUT2D eigenvalue weighted by atomic mass is 16.4. The van der Waals surface area contributed by atoms with Gasteiger partial charge in [0.2, 0.25) is 5.91 Å². The van der Waals surface area contributed by atoms with Crippen molar-refractivity contribution in [2.75, 3.05) is 13.1 Å². The van der Waals surface area contributed by atoms with E-state index in [0.29, 0.717) is 25.8 Å². The molecule has 0 saturated carbocycles. The molecule has 0 aromatic carbocycles. The van der Waals surface area contributed by atoms with Gasteiger partial charge in [-0.25, -0.2) is 9.59 Å². The minimum atomic E-state index is -1.06. The molecule has 2 heterocycles. The number of carboxylic acid groups (broad SMARTS) is 1. The second kappa shape index (κ2) is 5.34. The van der Waals surface area contributed by atoms with Gasteiger partial charge >= 0.3 is 12.0 Å². The molecule has 2 atom stereocenters. The summed E-state index contributed by atoms with van der Waals surface area (Å²) in [6.07, 6.45) is 1.42. The molecule has 0 radical (unpaired) electrons. The molecule has 0 bridgehead atoms. The fraction of sp³-hybridized carbons (Fsp3) is 0.692. The van der Waals surface area contributed by atoms with E-state index in [2.05, 4.69) is 5.32 Å². The van der Waals surface area contributed by atoms with Crippen LogP contribution in [0, 0.1) is 0 Å². The van der Waals surface area contributed by atoms with Gasteiger partial charge in [-0.15, -0.1) is 0 Å². The lowest BCUT2D eigenvalue weighted by Crippen LogP contribution is -2.48. The Balaban J connectivity index is 2.08. The highest BCUT2D eigenvalue weighted by Gasteiger charge is 2.48. The second-order valence-electron chi connectivity index (χ2n) is 5.59. The molecule has 2 aliphatic rings. The number of imide groups is 1. The van der Waals surface area contributed by atoms with E-state index in [4.69, 9.17) is 5.11 Å². The molecule has 4 amide bonds. The lowest BCUT2D eigenvalue weighted by atomic mass is 9.99. The lowest BCUT2D eigenvalue weighted by Gasteiger charge is -2.24. The molecular formula is C13H19N3O5. The molecule has 0 spiro atoms. The van der Waals surface area contributed by atoms with Gasteiger partial charge in [-0.2, -0.15) is 0 Å². The minimum absolute atomic E-state index is 0.338. The van der Waals surface area contributed by atoms with E-state index in [1.807, 2.05) is 0 Å². The molecule has 2 rings (SSSR count). The Morgan fingerprint density at radius 2 is 2.10 bits per heavy atom. The summed E-state index contributed by atoms with van der Waals surface area (Å²) >= 11 is 0. The number of urea groups is 1. The largest absolute Gasteiger partial charge is 0.480 e. The first-order valence-corrected chi connectivity index (χ1v) is 6.96. The van der Waals surface area contributed by atoms with Crippen LogP contribution in [0.1, 0.15) is 33.1 Å². The van der Waals surface area contributed by atoms with Gasteiger partial charge < -0.3 is 15.3 Å². The van der Waals surface area contributed by atoms with Crippen LogP contribution >= 0.6 is 0 Å². The van der Waals surface area contributed by atoms with Gasteiger partial charge in [-0.3, -0.25) is 14.5 Å². The smallest absolute Gasteiger partial charge is 0.326 e. The van der Waals surface area contributed by atoms with E-state index in [1.165, 1.54) is 4.90 Å². The van der Waals surface area contributed by atoms with Crippen LogP contribution in [0.25, 0.3) is 0 Å². The van der Waals surface area contributed by atoms with Crippen LogP contribution in [0.4, 0.5) is 4.79 Å². The maximum Gasteiger partial charge on any atom is 0.326 e. The van der Waals surface area contributed by atoms with Crippen LogP contribution in [0.3, 0.4) is 0 Å². The summed E-state index contributed by atoms with van der Waals surface area (Å²) < 4.78 is 0. The number of nitrogens with one attached hydrogen (secondary N) is 1. The highest BCUT2D eigenvalue weighted by Crippen LogP contribution is 2.22. The Morgan fingerprint density at radius 1 is 1.43 bits per heavy atom. The van der Waals surface area contributed by atoms with Crippen molar-refractivity contribution in [2.24, 2.45) is 0 Å². The molecule has 8 heteroatoms. The summed E-state index contributed by atoms with van der Waals surface area (Å²) in [6.45, 7) is 3.30. The van der Waals surface area contributed by atoms with Crippen molar-refractivity contribution in [2.45, 2.75) is 44.7 Å². The van der Waals surface area contributed by atoms with Gasteiger partial charge in [0.05, 0.1) is 0 Å². The number of rotatable bonds is 4. The first-order valence-electron chi connectivity index (χ1n) is 6.96. The van der Waals surface area contributed by atoms with Crippen molar-refractivity contribution in [1.82, 2.24) is 15.1 Å². The zero-order chi connectivity index (χ0) is 15.8. The molecule has 2 fully saturated rings. The van der Waals surface area contributed by atoms with Crippen molar-refractivity contribution in [3.8, 4) is 0 Å².